The van der Waals surface area contributed by atoms with Crippen molar-refractivity contribution >= 4 is 16.6 Å². The van der Waals surface area contributed by atoms with Crippen molar-refractivity contribution in [3.05, 3.63) is 95.9 Å². The number of nitrogens with zero attached hydrogens (tertiary/aromatic N) is 2. The molecule has 0 fully saturated rings. The van der Waals surface area contributed by atoms with Gasteiger partial charge in [0.05, 0.1) is 11.6 Å². The molecule has 0 spiro atoms. The summed E-state index contributed by atoms with van der Waals surface area (Å²) in [4.78, 5) is 10.2. The molecule has 0 saturated heterocycles. The summed E-state index contributed by atoms with van der Waals surface area (Å²) in [6.07, 6.45) is 3.98. The van der Waals surface area contributed by atoms with Gasteiger partial charge in [0.1, 0.15) is 0 Å². The van der Waals surface area contributed by atoms with Gasteiger partial charge in [-0.25, -0.2) is 0 Å². The van der Waals surface area contributed by atoms with E-state index in [-0.39, 0.29) is 5.92 Å². The molecule has 2 heterocycles. The van der Waals surface area contributed by atoms with Crippen LogP contribution in [0.3, 0.4) is 0 Å². The van der Waals surface area contributed by atoms with Crippen LogP contribution in [0.5, 0.6) is 0 Å². The number of hydrogen-bond acceptors (Lipinski definition) is 2. The lowest BCUT2D eigenvalue weighted by atomic mass is 9.87. The molecule has 0 saturated carbocycles. The third kappa shape index (κ3) is 2.89. The van der Waals surface area contributed by atoms with Gasteiger partial charge in [-0.05, 0) is 41.5 Å². The molecule has 2 aromatic carbocycles. The number of para-hydroxylation sites is 1. The topological polar surface area (TPSA) is 31.9 Å². The van der Waals surface area contributed by atoms with Crippen LogP contribution in [0.15, 0.2) is 79.1 Å². The smallest absolute Gasteiger partial charge is 0.0534 e. The van der Waals surface area contributed by atoms with E-state index < -0.39 is 0 Å². The van der Waals surface area contributed by atoms with Gasteiger partial charge in [-0.15, -0.1) is 0 Å². The minimum atomic E-state index is 0.105. The SMILES string of the molecule is CN(C)c1ccc(C(c2ccccn2)c2c[nH]c3ccccc23)cc1. The molecule has 1 unspecified atom stereocenters. The third-order valence-corrected chi connectivity index (χ3v) is 4.66. The molecule has 2 aromatic heterocycles. The summed E-state index contributed by atoms with van der Waals surface area (Å²) in [5.74, 6) is 0.105. The van der Waals surface area contributed by atoms with Crippen molar-refractivity contribution in [1.29, 1.82) is 0 Å². The number of aromatic amines is 1. The highest BCUT2D eigenvalue weighted by Gasteiger charge is 2.21. The van der Waals surface area contributed by atoms with Crippen molar-refractivity contribution in [2.75, 3.05) is 19.0 Å². The zero-order chi connectivity index (χ0) is 17.2. The van der Waals surface area contributed by atoms with Gasteiger partial charge in [0.25, 0.3) is 0 Å². The fourth-order valence-corrected chi connectivity index (χ4v) is 3.35. The largest absolute Gasteiger partial charge is 0.378 e. The minimum Gasteiger partial charge on any atom is -0.378 e. The Morgan fingerprint density at radius 3 is 2.36 bits per heavy atom. The van der Waals surface area contributed by atoms with Crippen molar-refractivity contribution in [3.63, 3.8) is 0 Å². The number of pyridine rings is 1. The van der Waals surface area contributed by atoms with Crippen molar-refractivity contribution < 1.29 is 0 Å². The lowest BCUT2D eigenvalue weighted by molar-refractivity contribution is 0.925. The Labute approximate surface area is 148 Å². The Morgan fingerprint density at radius 2 is 1.64 bits per heavy atom. The second kappa shape index (κ2) is 6.44. The average Bonchev–Trinajstić information content (AvgIpc) is 3.07. The average molecular weight is 327 g/mol. The Morgan fingerprint density at radius 1 is 0.880 bits per heavy atom. The van der Waals surface area contributed by atoms with E-state index in [1.54, 1.807) is 0 Å². The molecule has 0 aliphatic rings. The maximum atomic E-state index is 4.65. The third-order valence-electron chi connectivity index (χ3n) is 4.66. The fourth-order valence-electron chi connectivity index (χ4n) is 3.35. The zero-order valence-electron chi connectivity index (χ0n) is 14.5. The van der Waals surface area contributed by atoms with Gasteiger partial charge in [0.15, 0.2) is 0 Å². The van der Waals surface area contributed by atoms with Crippen LogP contribution in [-0.2, 0) is 0 Å². The van der Waals surface area contributed by atoms with Crippen molar-refractivity contribution in [2.45, 2.75) is 5.92 Å². The Balaban J connectivity index is 1.88. The lowest BCUT2D eigenvalue weighted by Gasteiger charge is -2.19. The van der Waals surface area contributed by atoms with Crippen LogP contribution in [0, 0.1) is 0 Å². The van der Waals surface area contributed by atoms with Gasteiger partial charge in [-0.2, -0.15) is 0 Å². The molecule has 1 N–H and O–H groups in total. The number of rotatable bonds is 4. The van der Waals surface area contributed by atoms with E-state index in [4.69, 9.17) is 0 Å². The predicted octanol–water partition coefficient (Wildman–Crippen LogP) is 4.81. The molecule has 0 amide bonds. The number of fused-ring (bicyclic) bond motifs is 1. The molecule has 3 heteroatoms. The van der Waals surface area contributed by atoms with Crippen LogP contribution in [0.2, 0.25) is 0 Å². The minimum absolute atomic E-state index is 0.105. The molecular weight excluding hydrogens is 306 g/mol. The lowest BCUT2D eigenvalue weighted by Crippen LogP contribution is -2.09. The first-order valence-corrected chi connectivity index (χ1v) is 8.48. The molecule has 3 nitrogen and oxygen atoms in total. The second-order valence-corrected chi connectivity index (χ2v) is 6.46. The molecule has 1 atom stereocenters. The standard InChI is InChI=1S/C22H21N3/c1-25(2)17-12-10-16(11-13-17)22(21-9-5-6-14-23-21)19-15-24-20-8-4-3-7-18(19)20/h3-15,22,24H,1-2H3. The van der Waals surface area contributed by atoms with Crippen molar-refractivity contribution in [3.8, 4) is 0 Å². The number of hydrogen-bond donors (Lipinski definition) is 1. The van der Waals surface area contributed by atoms with Crippen LogP contribution in [0.1, 0.15) is 22.7 Å². The maximum absolute atomic E-state index is 4.65. The summed E-state index contributed by atoms with van der Waals surface area (Å²) in [6, 6.07) is 23.3. The number of H-pyrrole nitrogens is 1. The summed E-state index contributed by atoms with van der Waals surface area (Å²) in [5.41, 5.74) is 5.91. The van der Waals surface area contributed by atoms with E-state index in [1.165, 1.54) is 22.2 Å². The van der Waals surface area contributed by atoms with E-state index in [1.807, 2.05) is 12.3 Å². The summed E-state index contributed by atoms with van der Waals surface area (Å²) >= 11 is 0. The van der Waals surface area contributed by atoms with Gasteiger partial charge in [-0.1, -0.05) is 36.4 Å². The highest BCUT2D eigenvalue weighted by atomic mass is 15.1. The summed E-state index contributed by atoms with van der Waals surface area (Å²) in [6.45, 7) is 0. The molecule has 25 heavy (non-hydrogen) atoms. The molecule has 4 aromatic rings. The predicted molar refractivity (Wildman–Crippen MR) is 104 cm³/mol. The monoisotopic (exact) mass is 327 g/mol. The van der Waals surface area contributed by atoms with Crippen LogP contribution in [-0.4, -0.2) is 24.1 Å². The molecule has 0 aliphatic carbocycles. The molecule has 0 aliphatic heterocycles. The molecule has 4 rings (SSSR count). The highest BCUT2D eigenvalue weighted by molar-refractivity contribution is 5.84. The van der Waals surface area contributed by atoms with E-state index in [0.29, 0.717) is 0 Å². The number of anilines is 1. The van der Waals surface area contributed by atoms with Crippen molar-refractivity contribution in [2.24, 2.45) is 0 Å². The first-order chi connectivity index (χ1) is 12.2. The number of nitrogens with one attached hydrogen (secondary N) is 1. The van der Waals surface area contributed by atoms with E-state index in [9.17, 15) is 0 Å². The van der Waals surface area contributed by atoms with Crippen LogP contribution >= 0.6 is 0 Å². The maximum Gasteiger partial charge on any atom is 0.0534 e. The number of benzene rings is 2. The van der Waals surface area contributed by atoms with Gasteiger partial charge >= 0.3 is 0 Å². The van der Waals surface area contributed by atoms with E-state index in [0.717, 1.165) is 11.2 Å². The Kier molecular flexibility index (Phi) is 3.98. The zero-order valence-corrected chi connectivity index (χ0v) is 14.5. The summed E-state index contributed by atoms with van der Waals surface area (Å²) in [5, 5.41) is 1.25. The van der Waals surface area contributed by atoms with Gasteiger partial charge < -0.3 is 9.88 Å². The molecule has 0 bridgehead atoms. The fraction of sp³-hybridized carbons (Fsp3) is 0.136. The van der Waals surface area contributed by atoms with Crippen LogP contribution in [0.4, 0.5) is 5.69 Å². The number of aromatic nitrogens is 2. The summed E-state index contributed by atoms with van der Waals surface area (Å²) < 4.78 is 0. The van der Waals surface area contributed by atoms with Gasteiger partial charge in [0.2, 0.25) is 0 Å². The van der Waals surface area contributed by atoms with Crippen LogP contribution in [0.25, 0.3) is 10.9 Å². The van der Waals surface area contributed by atoms with Gasteiger partial charge in [0, 0.05) is 43.1 Å². The van der Waals surface area contributed by atoms with E-state index >= 15 is 0 Å². The normalized spacial score (nSPS) is 12.2. The molecule has 0 radical (unpaired) electrons. The highest BCUT2D eigenvalue weighted by Crippen LogP contribution is 2.35. The second-order valence-electron chi connectivity index (χ2n) is 6.46. The Bertz CT molecular complexity index is 969. The summed E-state index contributed by atoms with van der Waals surface area (Å²) in [7, 11) is 4.12. The van der Waals surface area contributed by atoms with Crippen LogP contribution < -0.4 is 4.90 Å². The first kappa shape index (κ1) is 15.5. The first-order valence-electron chi connectivity index (χ1n) is 8.48. The van der Waals surface area contributed by atoms with Crippen molar-refractivity contribution in [1.82, 2.24) is 9.97 Å². The van der Waals surface area contributed by atoms with E-state index in [2.05, 4.69) is 95.8 Å². The molecular formula is C22H21N3. The van der Waals surface area contributed by atoms with Gasteiger partial charge in [-0.3, -0.25) is 4.98 Å². The Hall–Kier alpha value is -3.07. The quantitative estimate of drug-likeness (QED) is 0.583. The molecule has 124 valence electrons.